The summed E-state index contributed by atoms with van der Waals surface area (Å²) >= 11 is 0. The highest BCUT2D eigenvalue weighted by Gasteiger charge is 1.97. The minimum atomic E-state index is 1.50. The van der Waals surface area contributed by atoms with E-state index in [9.17, 15) is 0 Å². The summed E-state index contributed by atoms with van der Waals surface area (Å²) in [6, 6.07) is 0. The van der Waals surface area contributed by atoms with E-state index >= 15 is 0 Å². The first-order chi connectivity index (χ1) is 15.0. The van der Waals surface area contributed by atoms with Crippen LogP contribution in [0.1, 0.15) is 193 Å². The fourth-order valence-electron chi connectivity index (χ4n) is 5.30. The lowest BCUT2D eigenvalue weighted by Crippen LogP contribution is -1.85. The Morgan fingerprint density at radius 1 is 0.0667 bits per heavy atom. The van der Waals surface area contributed by atoms with Gasteiger partial charge in [-0.15, -0.1) is 0 Å². The molecule has 0 atom stereocenters. The Bertz CT molecular complexity index is 147. The second-order valence-corrected chi connectivity index (χ2v) is 10.6. The van der Waals surface area contributed by atoms with Gasteiger partial charge in [0.05, 0.1) is 0 Å². The lowest BCUT2D eigenvalue weighted by molar-refractivity contribution is 0.504. The van der Waals surface area contributed by atoms with Crippen molar-refractivity contribution in [2.24, 2.45) is 0 Å². The molecule has 5 aliphatic carbocycles. The SMILES string of the molecule is C1CCCCC1.C1CCCCC1.C1CCCCC1.C1CCCCC1.C1CCCCC1. The smallest absolute Gasteiger partial charge is 0.0533 e. The Labute approximate surface area is 192 Å². The molecule has 0 spiro atoms. The molecule has 180 valence electrons. The summed E-state index contributed by atoms with van der Waals surface area (Å²) in [6.07, 6.45) is 45.0. The lowest BCUT2D eigenvalue weighted by Gasteiger charge is -2.05. The summed E-state index contributed by atoms with van der Waals surface area (Å²) in [5, 5.41) is 0. The van der Waals surface area contributed by atoms with Gasteiger partial charge in [0.15, 0.2) is 0 Å². The molecule has 0 amide bonds. The molecule has 30 heavy (non-hydrogen) atoms. The van der Waals surface area contributed by atoms with Crippen molar-refractivity contribution in [3.05, 3.63) is 0 Å². The monoisotopic (exact) mass is 420 g/mol. The Kier molecular flexibility index (Phi) is 23.6. The molecule has 0 aromatic carbocycles. The van der Waals surface area contributed by atoms with Crippen molar-refractivity contribution < 1.29 is 0 Å². The zero-order valence-electron chi connectivity index (χ0n) is 21.2. The van der Waals surface area contributed by atoms with Gasteiger partial charge in [0.1, 0.15) is 0 Å². The van der Waals surface area contributed by atoms with E-state index in [0.29, 0.717) is 0 Å². The van der Waals surface area contributed by atoms with Gasteiger partial charge in [-0.2, -0.15) is 0 Å². The molecule has 5 fully saturated rings. The molecule has 0 heterocycles. The van der Waals surface area contributed by atoms with Crippen LogP contribution >= 0.6 is 0 Å². The van der Waals surface area contributed by atoms with Gasteiger partial charge in [-0.25, -0.2) is 0 Å². The zero-order valence-corrected chi connectivity index (χ0v) is 21.2. The Morgan fingerprint density at radius 2 is 0.100 bits per heavy atom. The molecular weight excluding hydrogens is 360 g/mol. The highest BCUT2D eigenvalue weighted by Crippen LogP contribution is 2.17. The summed E-state index contributed by atoms with van der Waals surface area (Å²) in [6.45, 7) is 0. The van der Waals surface area contributed by atoms with Gasteiger partial charge < -0.3 is 0 Å². The molecule has 5 saturated carbocycles. The number of hydrogen-bond acceptors (Lipinski definition) is 0. The predicted molar refractivity (Wildman–Crippen MR) is 139 cm³/mol. The fourth-order valence-corrected chi connectivity index (χ4v) is 5.30. The summed E-state index contributed by atoms with van der Waals surface area (Å²) < 4.78 is 0. The summed E-state index contributed by atoms with van der Waals surface area (Å²) in [4.78, 5) is 0. The van der Waals surface area contributed by atoms with E-state index in [1.807, 2.05) is 0 Å². The summed E-state index contributed by atoms with van der Waals surface area (Å²) in [7, 11) is 0. The molecule has 0 aliphatic heterocycles. The van der Waals surface area contributed by atoms with Gasteiger partial charge in [-0.3, -0.25) is 0 Å². The standard InChI is InChI=1S/5C6H12/c5*1-2-4-6-5-3-1/h5*1-6H2. The van der Waals surface area contributed by atoms with Crippen molar-refractivity contribution in [2.45, 2.75) is 193 Å². The van der Waals surface area contributed by atoms with Gasteiger partial charge in [-0.05, 0) is 0 Å². The van der Waals surface area contributed by atoms with Crippen LogP contribution in [0.4, 0.5) is 0 Å². The third kappa shape index (κ3) is 22.7. The van der Waals surface area contributed by atoms with E-state index in [2.05, 4.69) is 0 Å². The quantitative estimate of drug-likeness (QED) is 0.365. The van der Waals surface area contributed by atoms with Crippen molar-refractivity contribution >= 4 is 0 Å². The van der Waals surface area contributed by atoms with Gasteiger partial charge in [0.2, 0.25) is 0 Å². The van der Waals surface area contributed by atoms with E-state index in [1.165, 1.54) is 193 Å². The molecule has 0 nitrogen and oxygen atoms in total. The molecule has 0 bridgehead atoms. The minimum absolute atomic E-state index is 1.50. The first-order valence-corrected chi connectivity index (χ1v) is 15.0. The van der Waals surface area contributed by atoms with Crippen LogP contribution in [0.25, 0.3) is 0 Å². The molecule has 0 heteroatoms. The van der Waals surface area contributed by atoms with Gasteiger partial charge >= 0.3 is 0 Å². The Hall–Kier alpha value is 0. The van der Waals surface area contributed by atoms with E-state index < -0.39 is 0 Å². The average Bonchev–Trinajstić information content (AvgIpc) is 2.91. The topological polar surface area (TPSA) is 0 Å². The predicted octanol–water partition coefficient (Wildman–Crippen LogP) is 11.7. The molecule has 0 aromatic rings. The van der Waals surface area contributed by atoms with Crippen molar-refractivity contribution in [3.8, 4) is 0 Å². The highest BCUT2D eigenvalue weighted by atomic mass is 14.0. The second kappa shape index (κ2) is 25.3. The average molecular weight is 421 g/mol. The van der Waals surface area contributed by atoms with Crippen LogP contribution in [0.5, 0.6) is 0 Å². The molecule has 5 rings (SSSR count). The Morgan fingerprint density at radius 3 is 0.133 bits per heavy atom. The van der Waals surface area contributed by atoms with Crippen LogP contribution < -0.4 is 0 Å². The number of rotatable bonds is 0. The minimum Gasteiger partial charge on any atom is -0.0533 e. The lowest BCUT2D eigenvalue weighted by atomic mass is 10.0. The maximum absolute atomic E-state index is 1.50. The van der Waals surface area contributed by atoms with Gasteiger partial charge in [-0.1, -0.05) is 193 Å². The van der Waals surface area contributed by atoms with Crippen molar-refractivity contribution in [3.63, 3.8) is 0 Å². The van der Waals surface area contributed by atoms with Crippen LogP contribution in [0, 0.1) is 0 Å². The molecule has 0 N–H and O–H groups in total. The van der Waals surface area contributed by atoms with Crippen molar-refractivity contribution in [1.29, 1.82) is 0 Å². The summed E-state index contributed by atoms with van der Waals surface area (Å²) in [5.74, 6) is 0. The second-order valence-electron chi connectivity index (χ2n) is 10.6. The molecule has 0 aromatic heterocycles. The van der Waals surface area contributed by atoms with E-state index in [4.69, 9.17) is 0 Å². The van der Waals surface area contributed by atoms with Crippen molar-refractivity contribution in [2.75, 3.05) is 0 Å². The normalized spacial score (nSPS) is 24.0. The summed E-state index contributed by atoms with van der Waals surface area (Å²) in [5.41, 5.74) is 0. The maximum Gasteiger partial charge on any atom is -0.0533 e. The molecule has 5 aliphatic rings. The zero-order chi connectivity index (χ0) is 21.2. The highest BCUT2D eigenvalue weighted by molar-refractivity contribution is 4.53. The Balaban J connectivity index is 0.000000187. The van der Waals surface area contributed by atoms with Gasteiger partial charge in [0.25, 0.3) is 0 Å². The van der Waals surface area contributed by atoms with Crippen LogP contribution in [0.3, 0.4) is 0 Å². The first-order valence-electron chi connectivity index (χ1n) is 15.0. The largest absolute Gasteiger partial charge is 0.0533 e. The van der Waals surface area contributed by atoms with Crippen LogP contribution in [-0.2, 0) is 0 Å². The van der Waals surface area contributed by atoms with E-state index in [-0.39, 0.29) is 0 Å². The van der Waals surface area contributed by atoms with Gasteiger partial charge in [0, 0.05) is 0 Å². The third-order valence-electron chi connectivity index (χ3n) is 7.50. The molecule has 0 radical (unpaired) electrons. The molecular formula is C30H60. The first kappa shape index (κ1) is 28.0. The fraction of sp³-hybridized carbons (Fsp3) is 1.00. The van der Waals surface area contributed by atoms with Crippen molar-refractivity contribution in [1.82, 2.24) is 0 Å². The maximum atomic E-state index is 1.50. The van der Waals surface area contributed by atoms with E-state index in [0.717, 1.165) is 0 Å². The molecule has 0 unspecified atom stereocenters. The number of hydrogen-bond donors (Lipinski definition) is 0. The third-order valence-corrected chi connectivity index (χ3v) is 7.50. The molecule has 0 saturated heterocycles. The van der Waals surface area contributed by atoms with Crippen LogP contribution in [-0.4, -0.2) is 0 Å². The van der Waals surface area contributed by atoms with E-state index in [1.54, 1.807) is 0 Å². The van der Waals surface area contributed by atoms with Crippen LogP contribution in [0.15, 0.2) is 0 Å². The van der Waals surface area contributed by atoms with Crippen LogP contribution in [0.2, 0.25) is 0 Å².